The highest BCUT2D eigenvalue weighted by atomic mass is 79.9. The van der Waals surface area contributed by atoms with E-state index in [1.807, 2.05) is 0 Å². The average molecular weight is 345 g/mol. The molecule has 2 N–H and O–H groups in total. The number of carbonyl (C=O) groups is 1. The highest BCUT2D eigenvalue weighted by molar-refractivity contribution is 9.10. The molecule has 0 fully saturated rings. The van der Waals surface area contributed by atoms with Gasteiger partial charge in [0.1, 0.15) is 11.4 Å². The van der Waals surface area contributed by atoms with Crippen LogP contribution in [0, 0.1) is 5.82 Å². The largest absolute Gasteiger partial charge is 0.506 e. The average Bonchev–Trinajstić information content (AvgIpc) is 2.37. The lowest BCUT2D eigenvalue weighted by molar-refractivity contribution is 0.102. The second kappa shape index (κ2) is 5.59. The van der Waals surface area contributed by atoms with Gasteiger partial charge in [-0.05, 0) is 30.3 Å². The highest BCUT2D eigenvalue weighted by Crippen LogP contribution is 2.28. The fraction of sp³-hybridized carbons (Fsp3) is 0. The van der Waals surface area contributed by atoms with Gasteiger partial charge in [-0.3, -0.25) is 4.79 Å². The van der Waals surface area contributed by atoms with Crippen molar-refractivity contribution in [2.75, 3.05) is 5.32 Å². The van der Waals surface area contributed by atoms with Crippen molar-refractivity contribution in [3.05, 3.63) is 57.3 Å². The van der Waals surface area contributed by atoms with Gasteiger partial charge in [0, 0.05) is 4.47 Å². The number of halogens is 3. The Balaban J connectivity index is 2.34. The number of carbonyl (C=O) groups excluding carboxylic acids is 1. The molecule has 2 rings (SSSR count). The van der Waals surface area contributed by atoms with Crippen molar-refractivity contribution >= 4 is 39.1 Å². The molecular weight excluding hydrogens is 337 g/mol. The Morgan fingerprint density at radius 3 is 2.74 bits per heavy atom. The summed E-state index contributed by atoms with van der Waals surface area (Å²) < 4.78 is 14.2. The molecule has 0 spiro atoms. The molecule has 2 aromatic rings. The van der Waals surface area contributed by atoms with Crippen molar-refractivity contribution in [2.45, 2.75) is 0 Å². The molecule has 0 atom stereocenters. The fourth-order valence-corrected chi connectivity index (χ4v) is 2.05. The monoisotopic (exact) mass is 343 g/mol. The number of aromatic hydroxyl groups is 1. The second-order valence-electron chi connectivity index (χ2n) is 3.71. The topological polar surface area (TPSA) is 49.3 Å². The maximum Gasteiger partial charge on any atom is 0.257 e. The van der Waals surface area contributed by atoms with E-state index in [2.05, 4.69) is 21.2 Å². The predicted molar refractivity (Wildman–Crippen MR) is 75.2 cm³/mol. The van der Waals surface area contributed by atoms with Crippen LogP contribution >= 0.6 is 27.5 Å². The summed E-state index contributed by atoms with van der Waals surface area (Å²) in [4.78, 5) is 12.0. The molecule has 0 bridgehead atoms. The van der Waals surface area contributed by atoms with Crippen LogP contribution in [-0.4, -0.2) is 11.0 Å². The van der Waals surface area contributed by atoms with Gasteiger partial charge in [0.15, 0.2) is 5.82 Å². The molecule has 1 amide bonds. The van der Waals surface area contributed by atoms with Crippen molar-refractivity contribution in [2.24, 2.45) is 0 Å². The number of anilines is 1. The van der Waals surface area contributed by atoms with E-state index in [9.17, 15) is 14.3 Å². The molecular formula is C13H8BrClFNO2. The predicted octanol–water partition coefficient (Wildman–Crippen LogP) is 4.20. The number of hydrogen-bond donors (Lipinski definition) is 2. The van der Waals surface area contributed by atoms with E-state index in [1.54, 1.807) is 12.1 Å². The molecule has 98 valence electrons. The number of phenolic OH excluding ortho intramolecular Hbond substituents is 1. The summed E-state index contributed by atoms with van der Waals surface area (Å²) in [6.07, 6.45) is 0. The van der Waals surface area contributed by atoms with Gasteiger partial charge in [0.05, 0.1) is 10.6 Å². The molecule has 6 heteroatoms. The lowest BCUT2D eigenvalue weighted by Crippen LogP contribution is -2.13. The van der Waals surface area contributed by atoms with Crippen molar-refractivity contribution in [1.29, 1.82) is 0 Å². The third-order valence-corrected chi connectivity index (χ3v) is 3.23. The lowest BCUT2D eigenvalue weighted by atomic mass is 10.2. The first-order chi connectivity index (χ1) is 8.99. The molecule has 2 aromatic carbocycles. The molecule has 0 saturated carbocycles. The zero-order chi connectivity index (χ0) is 14.0. The maximum absolute atomic E-state index is 13.5. The summed E-state index contributed by atoms with van der Waals surface area (Å²) in [5, 5.41) is 12.0. The van der Waals surface area contributed by atoms with Crippen molar-refractivity contribution < 1.29 is 14.3 Å². The number of amides is 1. The number of rotatable bonds is 2. The van der Waals surface area contributed by atoms with Gasteiger partial charge >= 0.3 is 0 Å². The Morgan fingerprint density at radius 1 is 1.32 bits per heavy atom. The zero-order valence-electron chi connectivity index (χ0n) is 9.45. The fourth-order valence-electron chi connectivity index (χ4n) is 1.49. The van der Waals surface area contributed by atoms with Crippen molar-refractivity contribution in [3.8, 4) is 5.75 Å². The first-order valence-electron chi connectivity index (χ1n) is 5.23. The first-order valence-corrected chi connectivity index (χ1v) is 6.40. The minimum Gasteiger partial charge on any atom is -0.506 e. The Bertz CT molecular complexity index is 628. The second-order valence-corrected chi connectivity index (χ2v) is 5.04. The van der Waals surface area contributed by atoms with Gasteiger partial charge in [-0.25, -0.2) is 4.39 Å². The molecule has 0 heterocycles. The molecule has 19 heavy (non-hydrogen) atoms. The van der Waals surface area contributed by atoms with Crippen LogP contribution in [0.4, 0.5) is 10.1 Å². The van der Waals surface area contributed by atoms with Crippen LogP contribution in [0.15, 0.2) is 40.9 Å². The molecule has 0 unspecified atom stereocenters. The lowest BCUT2D eigenvalue weighted by Gasteiger charge is -2.09. The molecule has 0 radical (unpaired) electrons. The smallest absolute Gasteiger partial charge is 0.257 e. The Hall–Kier alpha value is -1.59. The van der Waals surface area contributed by atoms with Gasteiger partial charge in [0.25, 0.3) is 5.91 Å². The molecule has 0 aliphatic heterocycles. The van der Waals surface area contributed by atoms with Crippen molar-refractivity contribution in [3.63, 3.8) is 0 Å². The number of hydrogen-bond acceptors (Lipinski definition) is 2. The third-order valence-electron chi connectivity index (χ3n) is 2.40. The van der Waals surface area contributed by atoms with Crippen LogP contribution in [0.25, 0.3) is 0 Å². The van der Waals surface area contributed by atoms with E-state index in [4.69, 9.17) is 11.6 Å². The summed E-state index contributed by atoms with van der Waals surface area (Å²) >= 11 is 9.12. The number of phenols is 1. The van der Waals surface area contributed by atoms with Crippen LogP contribution in [0.5, 0.6) is 5.75 Å². The summed E-state index contributed by atoms with van der Waals surface area (Å²) in [6.45, 7) is 0. The normalized spacial score (nSPS) is 10.3. The molecule has 3 nitrogen and oxygen atoms in total. The van der Waals surface area contributed by atoms with Crippen LogP contribution in [0.3, 0.4) is 0 Å². The molecule has 0 aliphatic rings. The Labute approximate surface area is 122 Å². The molecule has 0 saturated heterocycles. The third kappa shape index (κ3) is 3.05. The molecule has 0 aromatic heterocycles. The molecule has 0 aliphatic carbocycles. The standard InChI is InChI=1S/C13H8BrClFNO2/c14-7-4-5-9(15)8(6-7)13(19)17-12-10(16)2-1-3-11(12)18/h1-6,18H,(H,17,19). The highest BCUT2D eigenvalue weighted by Gasteiger charge is 2.15. The van der Waals surface area contributed by atoms with Gasteiger partial charge in [0.2, 0.25) is 0 Å². The van der Waals surface area contributed by atoms with Gasteiger partial charge in [-0.1, -0.05) is 33.6 Å². The van der Waals surface area contributed by atoms with Gasteiger partial charge in [-0.2, -0.15) is 0 Å². The van der Waals surface area contributed by atoms with E-state index in [-0.39, 0.29) is 22.0 Å². The quantitative estimate of drug-likeness (QED) is 0.802. The Kier molecular flexibility index (Phi) is 4.07. The maximum atomic E-state index is 13.5. The minimum absolute atomic E-state index is 0.179. The Morgan fingerprint density at radius 2 is 2.05 bits per heavy atom. The van der Waals surface area contributed by atoms with Crippen LogP contribution in [-0.2, 0) is 0 Å². The van der Waals surface area contributed by atoms with E-state index < -0.39 is 11.7 Å². The zero-order valence-corrected chi connectivity index (χ0v) is 11.8. The van der Waals surface area contributed by atoms with Gasteiger partial charge in [-0.15, -0.1) is 0 Å². The van der Waals surface area contributed by atoms with E-state index in [0.717, 1.165) is 6.07 Å². The number of para-hydroxylation sites is 1. The van der Waals surface area contributed by atoms with Crippen LogP contribution in [0.1, 0.15) is 10.4 Å². The number of nitrogens with one attached hydrogen (secondary N) is 1. The summed E-state index contributed by atoms with van der Waals surface area (Å²) in [5.74, 6) is -1.68. The number of benzene rings is 2. The van der Waals surface area contributed by atoms with Crippen LogP contribution < -0.4 is 5.32 Å². The van der Waals surface area contributed by atoms with E-state index in [1.165, 1.54) is 18.2 Å². The van der Waals surface area contributed by atoms with Gasteiger partial charge < -0.3 is 10.4 Å². The SMILES string of the molecule is O=C(Nc1c(O)cccc1F)c1cc(Br)ccc1Cl. The minimum atomic E-state index is -0.723. The van der Waals surface area contributed by atoms with Crippen LogP contribution in [0.2, 0.25) is 5.02 Å². The first kappa shape index (κ1) is 13.8. The van der Waals surface area contributed by atoms with E-state index in [0.29, 0.717) is 4.47 Å². The van der Waals surface area contributed by atoms with Crippen molar-refractivity contribution in [1.82, 2.24) is 0 Å². The van der Waals surface area contributed by atoms with E-state index >= 15 is 0 Å². The summed E-state index contributed by atoms with van der Waals surface area (Å²) in [5.41, 5.74) is -0.0952. The summed E-state index contributed by atoms with van der Waals surface area (Å²) in [7, 11) is 0. The summed E-state index contributed by atoms with van der Waals surface area (Å²) in [6, 6.07) is 8.49.